The van der Waals surface area contributed by atoms with Crippen molar-refractivity contribution in [3.05, 3.63) is 70.8 Å². The van der Waals surface area contributed by atoms with Crippen LogP contribution in [-0.4, -0.2) is 18.0 Å². The van der Waals surface area contributed by atoms with Gasteiger partial charge in [-0.3, -0.25) is 4.79 Å². The first-order chi connectivity index (χ1) is 10.6. The molecule has 1 fully saturated rings. The molecule has 1 aliphatic rings. The Labute approximate surface area is 128 Å². The quantitative estimate of drug-likeness (QED) is 0.639. The van der Waals surface area contributed by atoms with Gasteiger partial charge in [0.05, 0.1) is 0 Å². The van der Waals surface area contributed by atoms with Gasteiger partial charge in [-0.05, 0) is 30.5 Å². The van der Waals surface area contributed by atoms with Crippen molar-refractivity contribution < 1.29 is 19.1 Å². The molecule has 22 heavy (non-hydrogen) atoms. The van der Waals surface area contributed by atoms with Crippen LogP contribution in [0.5, 0.6) is 0 Å². The number of cyclic esters (lactones) is 2. The number of aryl methyl sites for hydroxylation is 2. The van der Waals surface area contributed by atoms with Crippen molar-refractivity contribution in [1.82, 2.24) is 0 Å². The Balaban J connectivity index is 1.94. The average Bonchev–Trinajstić information content (AvgIpc) is 2.92. The predicted octanol–water partition coefficient (Wildman–Crippen LogP) is 3.76. The fraction of sp³-hybridized carbons (Fsp3) is 0.222. The van der Waals surface area contributed by atoms with Crippen LogP contribution in [0.4, 0.5) is 4.79 Å². The minimum atomic E-state index is -0.947. The second-order valence-corrected chi connectivity index (χ2v) is 5.40. The van der Waals surface area contributed by atoms with Gasteiger partial charge in [0.25, 0.3) is 0 Å². The van der Waals surface area contributed by atoms with Gasteiger partial charge >= 0.3 is 6.16 Å². The summed E-state index contributed by atoms with van der Waals surface area (Å²) in [5.74, 6) is -0.255. The number of ketones is 1. The van der Waals surface area contributed by atoms with Crippen LogP contribution in [0.2, 0.25) is 0 Å². The van der Waals surface area contributed by atoms with Gasteiger partial charge in [-0.15, -0.1) is 0 Å². The zero-order valence-corrected chi connectivity index (χ0v) is 12.4. The molecule has 2 aromatic carbocycles. The topological polar surface area (TPSA) is 52.6 Å². The Morgan fingerprint density at radius 2 is 1.68 bits per heavy atom. The van der Waals surface area contributed by atoms with E-state index in [0.29, 0.717) is 5.56 Å². The Morgan fingerprint density at radius 1 is 0.955 bits per heavy atom. The molecule has 2 atom stereocenters. The molecule has 4 heteroatoms. The molecule has 3 rings (SSSR count). The van der Waals surface area contributed by atoms with Gasteiger partial charge in [0.2, 0.25) is 11.9 Å². The molecule has 0 spiro atoms. The summed E-state index contributed by atoms with van der Waals surface area (Å²) in [6.07, 6.45) is -2.46. The molecule has 1 heterocycles. The van der Waals surface area contributed by atoms with Gasteiger partial charge in [-0.1, -0.05) is 48.5 Å². The van der Waals surface area contributed by atoms with Crippen molar-refractivity contribution in [3.8, 4) is 0 Å². The SMILES string of the molecule is Cc1ccc([C@@H]2OC(=O)O[C@H]2C(=O)c2ccccc2)cc1C. The monoisotopic (exact) mass is 296 g/mol. The standard InChI is InChI=1S/C18H16O4/c1-11-8-9-14(10-12(11)2)16-17(22-18(20)21-16)15(19)13-6-4-3-5-7-13/h3-10,16-17H,1-2H3/t16-,17-/m0/s1. The predicted molar refractivity (Wildman–Crippen MR) is 80.8 cm³/mol. The first-order valence-electron chi connectivity index (χ1n) is 7.10. The van der Waals surface area contributed by atoms with Crippen molar-refractivity contribution in [3.63, 3.8) is 0 Å². The smallest absolute Gasteiger partial charge is 0.422 e. The highest BCUT2D eigenvalue weighted by molar-refractivity contribution is 6.01. The number of Topliss-reactive ketones (excluding diaryl/α,β-unsaturated/α-hetero) is 1. The molecule has 0 unspecified atom stereocenters. The number of carbonyl (C=O) groups excluding carboxylic acids is 2. The zero-order valence-electron chi connectivity index (χ0n) is 12.4. The number of benzene rings is 2. The van der Waals surface area contributed by atoms with E-state index in [9.17, 15) is 9.59 Å². The van der Waals surface area contributed by atoms with E-state index in [4.69, 9.17) is 9.47 Å². The summed E-state index contributed by atoms with van der Waals surface area (Å²) in [5.41, 5.74) is 3.48. The highest BCUT2D eigenvalue weighted by Gasteiger charge is 2.43. The first kappa shape index (κ1) is 14.3. The number of hydrogen-bond donors (Lipinski definition) is 0. The lowest BCUT2D eigenvalue weighted by Gasteiger charge is -2.16. The van der Waals surface area contributed by atoms with E-state index >= 15 is 0 Å². The molecule has 0 saturated carbocycles. The van der Waals surface area contributed by atoms with E-state index in [-0.39, 0.29) is 5.78 Å². The van der Waals surface area contributed by atoms with Gasteiger partial charge in [0.15, 0.2) is 6.10 Å². The third-order valence-corrected chi connectivity index (χ3v) is 3.90. The summed E-state index contributed by atoms with van der Waals surface area (Å²) in [4.78, 5) is 24.1. The molecule has 0 bridgehead atoms. The van der Waals surface area contributed by atoms with Crippen LogP contribution < -0.4 is 0 Å². The Hall–Kier alpha value is -2.62. The minimum absolute atomic E-state index is 0.255. The summed E-state index contributed by atoms with van der Waals surface area (Å²) in [6.45, 7) is 3.98. The molecule has 1 aliphatic heterocycles. The lowest BCUT2D eigenvalue weighted by Crippen LogP contribution is -2.26. The second kappa shape index (κ2) is 5.64. The lowest BCUT2D eigenvalue weighted by molar-refractivity contribution is 0.0716. The van der Waals surface area contributed by atoms with Gasteiger partial charge in [-0.25, -0.2) is 4.79 Å². The van der Waals surface area contributed by atoms with Crippen molar-refractivity contribution in [2.45, 2.75) is 26.1 Å². The van der Waals surface area contributed by atoms with E-state index in [1.807, 2.05) is 38.1 Å². The van der Waals surface area contributed by atoms with Crippen molar-refractivity contribution >= 4 is 11.9 Å². The molecular formula is C18H16O4. The van der Waals surface area contributed by atoms with Crippen LogP contribution in [0.3, 0.4) is 0 Å². The third kappa shape index (κ3) is 2.60. The molecular weight excluding hydrogens is 280 g/mol. The van der Waals surface area contributed by atoms with Crippen molar-refractivity contribution in [1.29, 1.82) is 0 Å². The summed E-state index contributed by atoms with van der Waals surface area (Å²) in [7, 11) is 0. The lowest BCUT2D eigenvalue weighted by atomic mass is 9.95. The fourth-order valence-electron chi connectivity index (χ4n) is 2.50. The molecule has 4 nitrogen and oxygen atoms in total. The van der Waals surface area contributed by atoms with Crippen LogP contribution in [0.15, 0.2) is 48.5 Å². The molecule has 2 aromatic rings. The van der Waals surface area contributed by atoms with E-state index in [1.54, 1.807) is 24.3 Å². The van der Waals surface area contributed by atoms with Crippen LogP contribution in [-0.2, 0) is 9.47 Å². The molecule has 0 N–H and O–H groups in total. The zero-order chi connectivity index (χ0) is 15.7. The minimum Gasteiger partial charge on any atom is -0.422 e. The van der Waals surface area contributed by atoms with Crippen molar-refractivity contribution in [2.24, 2.45) is 0 Å². The van der Waals surface area contributed by atoms with Gasteiger partial charge in [-0.2, -0.15) is 0 Å². The van der Waals surface area contributed by atoms with Crippen LogP contribution in [0.1, 0.15) is 33.2 Å². The van der Waals surface area contributed by atoms with E-state index < -0.39 is 18.4 Å². The molecule has 0 radical (unpaired) electrons. The maximum Gasteiger partial charge on any atom is 0.509 e. The Bertz CT molecular complexity index is 721. The van der Waals surface area contributed by atoms with Gasteiger partial charge in [0.1, 0.15) is 0 Å². The van der Waals surface area contributed by atoms with E-state index in [1.165, 1.54) is 0 Å². The van der Waals surface area contributed by atoms with Crippen LogP contribution in [0, 0.1) is 13.8 Å². The number of hydrogen-bond acceptors (Lipinski definition) is 4. The van der Waals surface area contributed by atoms with Crippen LogP contribution >= 0.6 is 0 Å². The first-order valence-corrected chi connectivity index (χ1v) is 7.10. The summed E-state index contributed by atoms with van der Waals surface area (Å²) in [5, 5.41) is 0. The largest absolute Gasteiger partial charge is 0.509 e. The molecule has 1 saturated heterocycles. The second-order valence-electron chi connectivity index (χ2n) is 5.40. The van der Waals surface area contributed by atoms with Gasteiger partial charge < -0.3 is 9.47 Å². The number of carbonyl (C=O) groups is 2. The van der Waals surface area contributed by atoms with Crippen molar-refractivity contribution in [2.75, 3.05) is 0 Å². The fourth-order valence-corrected chi connectivity index (χ4v) is 2.50. The molecule has 0 aromatic heterocycles. The highest BCUT2D eigenvalue weighted by Crippen LogP contribution is 2.33. The molecule has 0 aliphatic carbocycles. The maximum atomic E-state index is 12.6. The summed E-state index contributed by atoms with van der Waals surface area (Å²) >= 11 is 0. The van der Waals surface area contributed by atoms with E-state index in [2.05, 4.69) is 0 Å². The normalized spacial score (nSPS) is 20.4. The summed E-state index contributed by atoms with van der Waals surface area (Å²) in [6, 6.07) is 14.5. The van der Waals surface area contributed by atoms with Crippen LogP contribution in [0.25, 0.3) is 0 Å². The molecule has 112 valence electrons. The average molecular weight is 296 g/mol. The van der Waals surface area contributed by atoms with E-state index in [0.717, 1.165) is 16.7 Å². The maximum absolute atomic E-state index is 12.6. The van der Waals surface area contributed by atoms with Gasteiger partial charge in [0, 0.05) is 5.56 Å². The number of ether oxygens (including phenoxy) is 2. The highest BCUT2D eigenvalue weighted by atomic mass is 16.8. The number of rotatable bonds is 3. The molecule has 0 amide bonds. The Kier molecular flexibility index (Phi) is 3.67. The third-order valence-electron chi connectivity index (χ3n) is 3.90. The Morgan fingerprint density at radius 3 is 2.36 bits per heavy atom. The summed E-state index contributed by atoms with van der Waals surface area (Å²) < 4.78 is 10.3.